The number of ether oxygens (including phenoxy) is 3. The fraction of sp³-hybridized carbons (Fsp3) is 0.364. The lowest BCUT2D eigenvalue weighted by Crippen LogP contribution is -2.29. The van der Waals surface area contributed by atoms with Crippen LogP contribution in [0.3, 0.4) is 0 Å². The van der Waals surface area contributed by atoms with Crippen LogP contribution in [-0.2, 0) is 16.1 Å². The van der Waals surface area contributed by atoms with E-state index in [9.17, 15) is 9.59 Å². The molecule has 0 aromatic heterocycles. The van der Waals surface area contributed by atoms with Gasteiger partial charge in [0.1, 0.15) is 0 Å². The van der Waals surface area contributed by atoms with Crippen LogP contribution in [0, 0.1) is 11.8 Å². The van der Waals surface area contributed by atoms with E-state index < -0.39 is 0 Å². The normalized spacial score (nSPS) is 17.2. The number of nitrogens with zero attached hydrogens (tertiary/aromatic N) is 1. The lowest BCUT2D eigenvalue weighted by Gasteiger charge is -2.17. The van der Waals surface area contributed by atoms with Gasteiger partial charge in [0, 0.05) is 31.4 Å². The predicted molar refractivity (Wildman–Crippen MR) is 109 cm³/mol. The van der Waals surface area contributed by atoms with Gasteiger partial charge in [-0.05, 0) is 12.0 Å². The van der Waals surface area contributed by atoms with Crippen LogP contribution in [0.4, 0.5) is 5.69 Å². The van der Waals surface area contributed by atoms with Crippen LogP contribution < -0.4 is 19.5 Å². The van der Waals surface area contributed by atoms with Gasteiger partial charge in [0.15, 0.2) is 11.5 Å². The first-order valence-electron chi connectivity index (χ1n) is 9.38. The van der Waals surface area contributed by atoms with E-state index in [0.717, 1.165) is 5.56 Å². The molecule has 0 heterocycles. The standard InChI is InChI=1S/C22H26N2O5/c1-24(13-14-8-6-5-7-9-14)22(26)17-12-16(17)21(25)23-15-10-18(27-2)20(29-4)19(11-15)28-3/h5-11,16-17H,12-13H2,1-4H3,(H,23,25). The van der Waals surface area contributed by atoms with Gasteiger partial charge >= 0.3 is 0 Å². The second-order valence-corrected chi connectivity index (χ2v) is 7.03. The van der Waals surface area contributed by atoms with Gasteiger partial charge in [0.2, 0.25) is 17.6 Å². The third-order valence-corrected chi connectivity index (χ3v) is 5.02. The minimum absolute atomic E-state index is 0.0149. The Morgan fingerprint density at radius 1 is 1.00 bits per heavy atom. The molecule has 2 atom stereocenters. The average molecular weight is 398 g/mol. The number of methoxy groups -OCH3 is 3. The molecule has 1 fully saturated rings. The smallest absolute Gasteiger partial charge is 0.228 e. The average Bonchev–Trinajstić information content (AvgIpc) is 3.54. The number of carbonyl (C=O) groups is 2. The molecule has 1 saturated carbocycles. The van der Waals surface area contributed by atoms with Crippen molar-refractivity contribution in [1.82, 2.24) is 4.90 Å². The van der Waals surface area contributed by atoms with Crippen molar-refractivity contribution in [1.29, 1.82) is 0 Å². The molecule has 29 heavy (non-hydrogen) atoms. The van der Waals surface area contributed by atoms with Gasteiger partial charge in [-0.3, -0.25) is 9.59 Å². The van der Waals surface area contributed by atoms with E-state index in [4.69, 9.17) is 14.2 Å². The molecule has 1 N–H and O–H groups in total. The van der Waals surface area contributed by atoms with Crippen LogP contribution in [0.15, 0.2) is 42.5 Å². The largest absolute Gasteiger partial charge is 0.493 e. The first-order valence-corrected chi connectivity index (χ1v) is 9.38. The number of rotatable bonds is 8. The maximum atomic E-state index is 12.7. The van der Waals surface area contributed by atoms with Crippen LogP contribution in [0.5, 0.6) is 17.2 Å². The fourth-order valence-corrected chi connectivity index (χ4v) is 3.36. The van der Waals surface area contributed by atoms with E-state index in [-0.39, 0.29) is 23.7 Å². The maximum absolute atomic E-state index is 12.7. The fourth-order valence-electron chi connectivity index (χ4n) is 3.36. The zero-order valence-electron chi connectivity index (χ0n) is 17.1. The van der Waals surface area contributed by atoms with Gasteiger partial charge in [-0.2, -0.15) is 0 Å². The third kappa shape index (κ3) is 4.62. The van der Waals surface area contributed by atoms with Crippen molar-refractivity contribution in [2.24, 2.45) is 11.8 Å². The summed E-state index contributed by atoms with van der Waals surface area (Å²) in [7, 11) is 6.31. The maximum Gasteiger partial charge on any atom is 0.228 e. The minimum Gasteiger partial charge on any atom is -0.493 e. The molecule has 3 rings (SSSR count). The summed E-state index contributed by atoms with van der Waals surface area (Å²) >= 11 is 0. The van der Waals surface area contributed by atoms with Crippen molar-refractivity contribution >= 4 is 17.5 Å². The summed E-state index contributed by atoms with van der Waals surface area (Å²) in [4.78, 5) is 27.0. The quantitative estimate of drug-likeness (QED) is 0.740. The molecule has 2 amide bonds. The first-order chi connectivity index (χ1) is 14.0. The zero-order chi connectivity index (χ0) is 21.0. The van der Waals surface area contributed by atoms with Gasteiger partial charge < -0.3 is 24.4 Å². The molecule has 0 bridgehead atoms. The summed E-state index contributed by atoms with van der Waals surface area (Å²) in [5.41, 5.74) is 1.59. The molecule has 1 aliphatic rings. The first kappa shape index (κ1) is 20.5. The predicted octanol–water partition coefficient (Wildman–Crippen LogP) is 2.95. The van der Waals surface area contributed by atoms with Crippen molar-refractivity contribution in [3.05, 3.63) is 48.0 Å². The van der Waals surface area contributed by atoms with E-state index in [2.05, 4.69) is 5.32 Å². The number of anilines is 1. The summed E-state index contributed by atoms with van der Waals surface area (Å²) < 4.78 is 15.9. The molecule has 0 spiro atoms. The second-order valence-electron chi connectivity index (χ2n) is 7.03. The second kappa shape index (κ2) is 8.86. The van der Waals surface area contributed by atoms with Crippen molar-refractivity contribution in [2.75, 3.05) is 33.7 Å². The molecule has 0 radical (unpaired) electrons. The highest BCUT2D eigenvalue weighted by molar-refractivity contribution is 5.99. The Kier molecular flexibility index (Phi) is 6.26. The van der Waals surface area contributed by atoms with Crippen LogP contribution >= 0.6 is 0 Å². The monoisotopic (exact) mass is 398 g/mol. The van der Waals surface area contributed by atoms with E-state index in [1.165, 1.54) is 21.3 Å². The topological polar surface area (TPSA) is 77.1 Å². The number of amides is 2. The van der Waals surface area contributed by atoms with Crippen molar-refractivity contribution in [3.8, 4) is 17.2 Å². The molecular weight excluding hydrogens is 372 g/mol. The number of hydrogen-bond donors (Lipinski definition) is 1. The van der Waals surface area contributed by atoms with E-state index >= 15 is 0 Å². The molecule has 2 unspecified atom stereocenters. The highest BCUT2D eigenvalue weighted by Gasteiger charge is 2.49. The summed E-state index contributed by atoms with van der Waals surface area (Å²) in [5, 5.41) is 2.85. The van der Waals surface area contributed by atoms with Crippen LogP contribution in [0.2, 0.25) is 0 Å². The van der Waals surface area contributed by atoms with Crippen molar-refractivity contribution < 1.29 is 23.8 Å². The molecule has 2 aromatic rings. The van der Waals surface area contributed by atoms with Gasteiger partial charge in [-0.1, -0.05) is 30.3 Å². The summed E-state index contributed by atoms with van der Waals surface area (Å²) in [6, 6.07) is 13.1. The summed E-state index contributed by atoms with van der Waals surface area (Å²) in [5.74, 6) is 0.534. The molecule has 7 nitrogen and oxygen atoms in total. The Labute approximate surface area is 170 Å². The SMILES string of the molecule is COc1cc(NC(=O)C2CC2C(=O)N(C)Cc2ccccc2)cc(OC)c1OC. The molecule has 7 heteroatoms. The van der Waals surface area contributed by atoms with E-state index in [0.29, 0.717) is 35.9 Å². The zero-order valence-corrected chi connectivity index (χ0v) is 17.1. The Morgan fingerprint density at radius 3 is 2.17 bits per heavy atom. The summed E-state index contributed by atoms with van der Waals surface area (Å²) in [6.07, 6.45) is 0.550. The molecule has 1 aliphatic carbocycles. The highest BCUT2D eigenvalue weighted by atomic mass is 16.5. The molecule has 0 saturated heterocycles. The Balaban J connectivity index is 1.62. The number of carbonyl (C=O) groups excluding carboxylic acids is 2. The number of hydrogen-bond acceptors (Lipinski definition) is 5. The minimum atomic E-state index is -0.334. The number of nitrogens with one attached hydrogen (secondary N) is 1. The van der Waals surface area contributed by atoms with Crippen LogP contribution in [0.25, 0.3) is 0 Å². The molecule has 154 valence electrons. The van der Waals surface area contributed by atoms with E-state index in [1.54, 1.807) is 24.1 Å². The van der Waals surface area contributed by atoms with Gasteiger partial charge in [-0.25, -0.2) is 0 Å². The number of benzene rings is 2. The Hall–Kier alpha value is -3.22. The van der Waals surface area contributed by atoms with Crippen LogP contribution in [0.1, 0.15) is 12.0 Å². The lowest BCUT2D eigenvalue weighted by molar-refractivity contribution is -0.133. The van der Waals surface area contributed by atoms with E-state index in [1.807, 2.05) is 30.3 Å². The van der Waals surface area contributed by atoms with Gasteiger partial charge in [-0.15, -0.1) is 0 Å². The van der Waals surface area contributed by atoms with Crippen molar-refractivity contribution in [2.45, 2.75) is 13.0 Å². The van der Waals surface area contributed by atoms with Gasteiger partial charge in [0.05, 0.1) is 33.2 Å². The molecule has 2 aromatic carbocycles. The third-order valence-electron chi connectivity index (χ3n) is 5.02. The highest BCUT2D eigenvalue weighted by Crippen LogP contribution is 2.43. The Morgan fingerprint density at radius 2 is 1.62 bits per heavy atom. The summed E-state index contributed by atoms with van der Waals surface area (Å²) in [6.45, 7) is 0.525. The van der Waals surface area contributed by atoms with Crippen molar-refractivity contribution in [3.63, 3.8) is 0 Å². The lowest BCUT2D eigenvalue weighted by atomic mass is 10.2. The van der Waals surface area contributed by atoms with Crippen LogP contribution in [-0.4, -0.2) is 45.1 Å². The molecular formula is C22H26N2O5. The molecule has 0 aliphatic heterocycles. The Bertz CT molecular complexity index is 859. The van der Waals surface area contributed by atoms with Gasteiger partial charge in [0.25, 0.3) is 0 Å².